The van der Waals surface area contributed by atoms with Gasteiger partial charge in [-0.25, -0.2) is 4.79 Å². The van der Waals surface area contributed by atoms with E-state index in [0.29, 0.717) is 6.42 Å². The van der Waals surface area contributed by atoms with E-state index in [9.17, 15) is 9.59 Å². The Labute approximate surface area is 73.6 Å². The third-order valence-electron chi connectivity index (χ3n) is 1.39. The number of carbonyl (C=O) groups excluding carboxylic acids is 1. The van der Waals surface area contributed by atoms with Gasteiger partial charge in [-0.1, -0.05) is 6.08 Å². The molecular formula is C8H8O5. The van der Waals surface area contributed by atoms with Crippen LogP contribution in [0.5, 0.6) is 0 Å². The van der Waals surface area contributed by atoms with E-state index in [1.54, 1.807) is 6.08 Å². The summed E-state index contributed by atoms with van der Waals surface area (Å²) < 4.78 is 13.6. The first kappa shape index (κ1) is 9.31. The summed E-state index contributed by atoms with van der Waals surface area (Å²) >= 11 is 0. The van der Waals surface area contributed by atoms with Crippen molar-refractivity contribution in [3.63, 3.8) is 0 Å². The molecule has 0 radical (unpaired) electrons. The maximum atomic E-state index is 10.5. The number of carbonyl (C=O) groups is 1. The fourth-order valence-corrected chi connectivity index (χ4v) is 0.849. The maximum Gasteiger partial charge on any atom is 0.518 e. The molecule has 5 heteroatoms. The number of hydrogen-bond acceptors (Lipinski definition) is 5. The second kappa shape index (κ2) is 4.30. The van der Waals surface area contributed by atoms with Gasteiger partial charge >= 0.3 is 5.82 Å². The van der Waals surface area contributed by atoms with Crippen LogP contribution in [0.3, 0.4) is 0 Å². The van der Waals surface area contributed by atoms with Crippen molar-refractivity contribution < 1.29 is 18.4 Å². The summed E-state index contributed by atoms with van der Waals surface area (Å²) in [5.41, 5.74) is 0. The maximum absolute atomic E-state index is 10.5. The number of ether oxygens (including phenoxy) is 1. The Morgan fingerprint density at radius 3 is 2.92 bits per heavy atom. The van der Waals surface area contributed by atoms with Gasteiger partial charge in [-0.15, -0.1) is 6.58 Å². The second-order valence-electron chi connectivity index (χ2n) is 2.24. The molecule has 5 nitrogen and oxygen atoms in total. The molecule has 0 N–H and O–H groups in total. The highest BCUT2D eigenvalue weighted by Crippen LogP contribution is 2.19. The first-order valence-electron chi connectivity index (χ1n) is 3.56. The molecule has 0 bridgehead atoms. The minimum absolute atomic E-state index is 0.178. The SMILES string of the molecule is C=CCC(OC=O)c1coc(=O)o1. The van der Waals surface area contributed by atoms with E-state index < -0.39 is 11.9 Å². The van der Waals surface area contributed by atoms with Gasteiger partial charge in [0.15, 0.2) is 11.9 Å². The molecule has 0 aromatic carbocycles. The fraction of sp³-hybridized carbons (Fsp3) is 0.250. The van der Waals surface area contributed by atoms with Gasteiger partial charge < -0.3 is 13.6 Å². The summed E-state index contributed by atoms with van der Waals surface area (Å²) in [4.78, 5) is 20.6. The quantitative estimate of drug-likeness (QED) is 0.504. The third-order valence-corrected chi connectivity index (χ3v) is 1.39. The second-order valence-corrected chi connectivity index (χ2v) is 2.24. The molecule has 0 spiro atoms. The zero-order valence-corrected chi connectivity index (χ0v) is 6.76. The van der Waals surface area contributed by atoms with Crippen LogP contribution in [0.1, 0.15) is 18.3 Å². The smallest absolute Gasteiger partial charge is 0.456 e. The van der Waals surface area contributed by atoms with Crippen molar-refractivity contribution in [3.8, 4) is 0 Å². The molecule has 1 unspecified atom stereocenters. The minimum Gasteiger partial charge on any atom is -0.456 e. The van der Waals surface area contributed by atoms with E-state index in [2.05, 4.69) is 20.2 Å². The van der Waals surface area contributed by atoms with Gasteiger partial charge in [-0.05, 0) is 0 Å². The molecule has 1 aromatic rings. The van der Waals surface area contributed by atoms with E-state index >= 15 is 0 Å². The molecule has 0 fully saturated rings. The zero-order chi connectivity index (χ0) is 9.68. The highest BCUT2D eigenvalue weighted by Gasteiger charge is 2.15. The van der Waals surface area contributed by atoms with Crippen molar-refractivity contribution in [2.75, 3.05) is 0 Å². The lowest BCUT2D eigenvalue weighted by molar-refractivity contribution is -0.134. The predicted molar refractivity (Wildman–Crippen MR) is 41.9 cm³/mol. The van der Waals surface area contributed by atoms with Crippen molar-refractivity contribution in [3.05, 3.63) is 35.3 Å². The summed E-state index contributed by atoms with van der Waals surface area (Å²) in [5.74, 6) is -0.643. The summed E-state index contributed by atoms with van der Waals surface area (Å²) in [5, 5.41) is 0. The summed E-state index contributed by atoms with van der Waals surface area (Å²) in [6.45, 7) is 3.75. The highest BCUT2D eigenvalue weighted by atomic mass is 16.6. The summed E-state index contributed by atoms with van der Waals surface area (Å²) in [6, 6.07) is 0. The van der Waals surface area contributed by atoms with Crippen molar-refractivity contribution >= 4 is 6.47 Å². The van der Waals surface area contributed by atoms with Gasteiger partial charge in [-0.2, -0.15) is 0 Å². The van der Waals surface area contributed by atoms with Crippen molar-refractivity contribution in [1.82, 2.24) is 0 Å². The van der Waals surface area contributed by atoms with Gasteiger partial charge in [0.1, 0.15) is 6.26 Å². The molecule has 1 rings (SSSR count). The Kier molecular flexibility index (Phi) is 3.08. The Hall–Kier alpha value is -1.78. The number of rotatable bonds is 5. The lowest BCUT2D eigenvalue weighted by atomic mass is 10.2. The monoisotopic (exact) mass is 184 g/mol. The van der Waals surface area contributed by atoms with Crippen LogP contribution in [0.15, 0.2) is 32.5 Å². The Bertz CT molecular complexity index is 324. The van der Waals surface area contributed by atoms with Crippen molar-refractivity contribution in [2.45, 2.75) is 12.5 Å². The van der Waals surface area contributed by atoms with Crippen LogP contribution < -0.4 is 5.82 Å². The first-order valence-corrected chi connectivity index (χ1v) is 3.56. The Morgan fingerprint density at radius 1 is 1.69 bits per heavy atom. The van der Waals surface area contributed by atoms with Crippen LogP contribution in [0.25, 0.3) is 0 Å². The largest absolute Gasteiger partial charge is 0.518 e. The first-order chi connectivity index (χ1) is 6.27. The average molecular weight is 184 g/mol. The van der Waals surface area contributed by atoms with Crippen LogP contribution in [-0.2, 0) is 9.53 Å². The van der Waals surface area contributed by atoms with E-state index in [4.69, 9.17) is 0 Å². The van der Waals surface area contributed by atoms with E-state index in [-0.39, 0.29) is 12.2 Å². The topological polar surface area (TPSA) is 69.7 Å². The number of hydrogen-bond donors (Lipinski definition) is 0. The molecule has 1 aromatic heterocycles. The standard InChI is InChI=1S/C8H8O5/c1-2-3-6(12-5-9)7-4-11-8(10)13-7/h2,4-6H,1,3H2. The third kappa shape index (κ3) is 2.33. The molecule has 0 saturated carbocycles. The molecular weight excluding hydrogens is 176 g/mol. The van der Waals surface area contributed by atoms with Gasteiger partial charge in [-0.3, -0.25) is 4.79 Å². The molecule has 0 amide bonds. The zero-order valence-electron chi connectivity index (χ0n) is 6.76. The molecule has 0 saturated heterocycles. The van der Waals surface area contributed by atoms with Crippen LogP contribution in [-0.4, -0.2) is 6.47 Å². The molecule has 0 aliphatic heterocycles. The molecule has 1 heterocycles. The predicted octanol–water partition coefficient (Wildman–Crippen LogP) is 1.02. The van der Waals surface area contributed by atoms with Crippen molar-refractivity contribution in [2.24, 2.45) is 0 Å². The van der Waals surface area contributed by atoms with Gasteiger partial charge in [0.05, 0.1) is 0 Å². The van der Waals surface area contributed by atoms with Gasteiger partial charge in [0, 0.05) is 6.42 Å². The molecule has 0 aliphatic carbocycles. The molecule has 0 aliphatic rings. The summed E-state index contributed by atoms with van der Waals surface area (Å²) in [6.07, 6.45) is 2.38. The Balaban J connectivity index is 2.80. The summed E-state index contributed by atoms with van der Waals surface area (Å²) in [7, 11) is 0. The van der Waals surface area contributed by atoms with E-state index in [0.717, 1.165) is 6.26 Å². The fourth-order valence-electron chi connectivity index (χ4n) is 0.849. The van der Waals surface area contributed by atoms with Crippen LogP contribution in [0.4, 0.5) is 0 Å². The Morgan fingerprint density at radius 2 is 2.46 bits per heavy atom. The molecule has 1 atom stereocenters. The normalized spacial score (nSPS) is 12.0. The van der Waals surface area contributed by atoms with Crippen LogP contribution in [0.2, 0.25) is 0 Å². The highest BCUT2D eigenvalue weighted by molar-refractivity contribution is 5.37. The molecule has 70 valence electrons. The minimum atomic E-state index is -0.821. The lowest BCUT2D eigenvalue weighted by Crippen LogP contribution is -2.01. The van der Waals surface area contributed by atoms with Crippen LogP contribution >= 0.6 is 0 Å². The molecule has 13 heavy (non-hydrogen) atoms. The van der Waals surface area contributed by atoms with Crippen molar-refractivity contribution in [1.29, 1.82) is 0 Å². The average Bonchev–Trinajstić information content (AvgIpc) is 2.51. The van der Waals surface area contributed by atoms with Gasteiger partial charge in [0.25, 0.3) is 6.47 Å². The lowest BCUT2D eigenvalue weighted by Gasteiger charge is -2.07. The van der Waals surface area contributed by atoms with E-state index in [1.807, 2.05) is 0 Å². The van der Waals surface area contributed by atoms with Gasteiger partial charge in [0.2, 0.25) is 0 Å². The van der Waals surface area contributed by atoms with Crippen LogP contribution in [0, 0.1) is 0 Å². The van der Waals surface area contributed by atoms with E-state index in [1.165, 1.54) is 0 Å².